The lowest BCUT2D eigenvalue weighted by Crippen LogP contribution is -2.11. The van der Waals surface area contributed by atoms with Crippen molar-refractivity contribution in [3.63, 3.8) is 0 Å². The van der Waals surface area contributed by atoms with Crippen LogP contribution in [0.2, 0.25) is 0 Å². The minimum atomic E-state index is 0.904. The van der Waals surface area contributed by atoms with Gasteiger partial charge in [0.1, 0.15) is 11.2 Å². The van der Waals surface area contributed by atoms with Crippen LogP contribution in [0.15, 0.2) is 186 Å². The normalized spacial score (nSPS) is 11.7. The summed E-state index contributed by atoms with van der Waals surface area (Å²) in [6, 6.07) is 65.0. The Morgan fingerprint density at radius 2 is 1.08 bits per heavy atom. The molecule has 0 atom stereocenters. The van der Waals surface area contributed by atoms with E-state index in [4.69, 9.17) is 4.42 Å². The number of hydrogen-bond acceptors (Lipinski definition) is 2. The number of para-hydroxylation sites is 4. The second-order valence-electron chi connectivity index (χ2n) is 12.6. The van der Waals surface area contributed by atoms with Crippen LogP contribution in [0.1, 0.15) is 0 Å². The first-order valence-electron chi connectivity index (χ1n) is 16.7. The zero-order valence-electron chi connectivity index (χ0n) is 26.6. The fraction of sp³-hybridized carbons (Fsp3) is 0. The Kier molecular flexibility index (Phi) is 6.18. The van der Waals surface area contributed by atoms with Gasteiger partial charge in [-0.2, -0.15) is 0 Å². The number of anilines is 3. The molecule has 0 unspecified atom stereocenters. The van der Waals surface area contributed by atoms with E-state index in [1.54, 1.807) is 0 Å². The second kappa shape index (κ2) is 11.0. The van der Waals surface area contributed by atoms with E-state index in [9.17, 15) is 0 Å². The van der Waals surface area contributed by atoms with Gasteiger partial charge >= 0.3 is 0 Å². The molecule has 0 saturated carbocycles. The van der Waals surface area contributed by atoms with Crippen LogP contribution < -0.4 is 4.90 Å². The molecule has 0 saturated heterocycles. The third-order valence-corrected chi connectivity index (χ3v) is 9.76. The molecule has 2 aromatic heterocycles. The van der Waals surface area contributed by atoms with Gasteiger partial charge in [-0.3, -0.25) is 0 Å². The molecular formula is C46H30N2O. The van der Waals surface area contributed by atoms with Crippen LogP contribution in [-0.2, 0) is 0 Å². The molecule has 0 aliphatic rings. The van der Waals surface area contributed by atoms with Gasteiger partial charge in [0.25, 0.3) is 0 Å². The van der Waals surface area contributed by atoms with Crippen molar-refractivity contribution >= 4 is 71.6 Å². The molecule has 0 bridgehead atoms. The number of benzene rings is 8. The van der Waals surface area contributed by atoms with E-state index in [-0.39, 0.29) is 0 Å². The third kappa shape index (κ3) is 4.37. The maximum absolute atomic E-state index is 6.54. The molecule has 0 aliphatic heterocycles. The van der Waals surface area contributed by atoms with Crippen molar-refractivity contribution in [1.29, 1.82) is 0 Å². The van der Waals surface area contributed by atoms with Crippen LogP contribution in [0, 0.1) is 0 Å². The van der Waals surface area contributed by atoms with Crippen molar-refractivity contribution in [2.75, 3.05) is 4.90 Å². The van der Waals surface area contributed by atoms with Crippen LogP contribution in [0.5, 0.6) is 0 Å². The molecular weight excluding hydrogens is 597 g/mol. The standard InChI is InChI=1S/C46H30N2O/c1-3-12-31(13-4-1)32-22-26-35(27-23-32)47(36-28-24-33-25-29-40-38-17-8-10-21-44(38)49-46(40)41(33)30-36)43-20-11-18-39-37-16-7-9-19-42(37)48(45(39)43)34-14-5-2-6-15-34/h1-30H. The maximum atomic E-state index is 6.54. The maximum Gasteiger partial charge on any atom is 0.143 e. The van der Waals surface area contributed by atoms with E-state index in [2.05, 4.69) is 185 Å². The van der Waals surface area contributed by atoms with Crippen molar-refractivity contribution in [3.8, 4) is 16.8 Å². The van der Waals surface area contributed by atoms with Crippen molar-refractivity contribution in [3.05, 3.63) is 182 Å². The minimum absolute atomic E-state index is 0.904. The quantitative estimate of drug-likeness (QED) is 0.190. The van der Waals surface area contributed by atoms with Crippen molar-refractivity contribution < 1.29 is 4.42 Å². The van der Waals surface area contributed by atoms with Crippen molar-refractivity contribution in [2.45, 2.75) is 0 Å². The number of rotatable bonds is 5. The lowest BCUT2D eigenvalue weighted by Gasteiger charge is -2.27. The number of nitrogens with zero attached hydrogens (tertiary/aromatic N) is 2. The Labute approximate surface area is 283 Å². The molecule has 3 nitrogen and oxygen atoms in total. The molecule has 8 aromatic carbocycles. The lowest BCUT2D eigenvalue weighted by atomic mass is 10.0. The summed E-state index contributed by atoms with van der Waals surface area (Å²) in [5.41, 5.74) is 10.9. The molecule has 230 valence electrons. The summed E-state index contributed by atoms with van der Waals surface area (Å²) in [5, 5.41) is 6.94. The molecule has 0 spiro atoms. The Balaban J connectivity index is 1.27. The average Bonchev–Trinajstić information content (AvgIpc) is 3.73. The molecule has 10 aromatic rings. The Bertz CT molecular complexity index is 2810. The zero-order chi connectivity index (χ0) is 32.3. The minimum Gasteiger partial charge on any atom is -0.455 e. The van der Waals surface area contributed by atoms with Gasteiger partial charge < -0.3 is 13.9 Å². The lowest BCUT2D eigenvalue weighted by molar-refractivity contribution is 0.672. The van der Waals surface area contributed by atoms with Gasteiger partial charge in [-0.05, 0) is 77.2 Å². The number of fused-ring (bicyclic) bond motifs is 8. The summed E-state index contributed by atoms with van der Waals surface area (Å²) in [7, 11) is 0. The first-order chi connectivity index (χ1) is 24.3. The molecule has 10 rings (SSSR count). The van der Waals surface area contributed by atoms with E-state index in [1.807, 2.05) is 6.07 Å². The molecule has 0 N–H and O–H groups in total. The predicted octanol–water partition coefficient (Wildman–Crippen LogP) is 13.0. The highest BCUT2D eigenvalue weighted by Crippen LogP contribution is 2.45. The summed E-state index contributed by atoms with van der Waals surface area (Å²) in [6.07, 6.45) is 0. The monoisotopic (exact) mass is 626 g/mol. The fourth-order valence-electron chi connectivity index (χ4n) is 7.52. The smallest absolute Gasteiger partial charge is 0.143 e. The van der Waals surface area contributed by atoms with Gasteiger partial charge in [0.15, 0.2) is 0 Å². The topological polar surface area (TPSA) is 21.3 Å². The first kappa shape index (κ1) is 27.5. The van der Waals surface area contributed by atoms with Crippen molar-refractivity contribution in [1.82, 2.24) is 4.57 Å². The largest absolute Gasteiger partial charge is 0.455 e. The van der Waals surface area contributed by atoms with E-state index in [0.29, 0.717) is 0 Å². The Morgan fingerprint density at radius 3 is 1.92 bits per heavy atom. The predicted molar refractivity (Wildman–Crippen MR) is 206 cm³/mol. The van der Waals surface area contributed by atoms with Crippen molar-refractivity contribution in [2.24, 2.45) is 0 Å². The number of aromatic nitrogens is 1. The average molecular weight is 627 g/mol. The van der Waals surface area contributed by atoms with E-state index in [0.717, 1.165) is 61.0 Å². The van der Waals surface area contributed by atoms with Crippen LogP contribution in [-0.4, -0.2) is 4.57 Å². The van der Waals surface area contributed by atoms with E-state index in [1.165, 1.54) is 27.4 Å². The van der Waals surface area contributed by atoms with Gasteiger partial charge in [-0.1, -0.05) is 121 Å². The summed E-state index contributed by atoms with van der Waals surface area (Å²) in [5.74, 6) is 0. The van der Waals surface area contributed by atoms with Gasteiger partial charge in [0.2, 0.25) is 0 Å². The molecule has 3 heteroatoms. The van der Waals surface area contributed by atoms with Gasteiger partial charge in [0, 0.05) is 44.0 Å². The van der Waals surface area contributed by atoms with Gasteiger partial charge in [0.05, 0.1) is 16.7 Å². The number of hydrogen-bond donors (Lipinski definition) is 0. The number of furan rings is 1. The summed E-state index contributed by atoms with van der Waals surface area (Å²) >= 11 is 0. The third-order valence-electron chi connectivity index (χ3n) is 9.76. The van der Waals surface area contributed by atoms with E-state index < -0.39 is 0 Å². The SMILES string of the molecule is c1ccc(-c2ccc(N(c3ccc4ccc5c6ccccc6oc5c4c3)c3cccc4c5ccccc5n(-c5ccccc5)c34)cc2)cc1. The van der Waals surface area contributed by atoms with E-state index >= 15 is 0 Å². The van der Waals surface area contributed by atoms with Crippen LogP contribution >= 0.6 is 0 Å². The highest BCUT2D eigenvalue weighted by Gasteiger charge is 2.22. The Hall–Kier alpha value is -6.58. The molecule has 49 heavy (non-hydrogen) atoms. The van der Waals surface area contributed by atoms with Gasteiger partial charge in [-0.25, -0.2) is 0 Å². The highest BCUT2D eigenvalue weighted by atomic mass is 16.3. The molecule has 0 fully saturated rings. The highest BCUT2D eigenvalue weighted by molar-refractivity contribution is 6.17. The molecule has 0 radical (unpaired) electrons. The van der Waals surface area contributed by atoms with Crippen LogP contribution in [0.25, 0.3) is 71.3 Å². The molecule has 0 aliphatic carbocycles. The van der Waals surface area contributed by atoms with Crippen LogP contribution in [0.3, 0.4) is 0 Å². The second-order valence-corrected chi connectivity index (χ2v) is 12.6. The zero-order valence-corrected chi connectivity index (χ0v) is 26.6. The summed E-state index contributed by atoms with van der Waals surface area (Å²) in [4.78, 5) is 2.40. The summed E-state index contributed by atoms with van der Waals surface area (Å²) < 4.78 is 8.95. The molecule has 2 heterocycles. The molecule has 0 amide bonds. The fourth-order valence-corrected chi connectivity index (χ4v) is 7.52. The van der Waals surface area contributed by atoms with Gasteiger partial charge in [-0.15, -0.1) is 0 Å². The first-order valence-corrected chi connectivity index (χ1v) is 16.7. The Morgan fingerprint density at radius 1 is 0.429 bits per heavy atom. The van der Waals surface area contributed by atoms with Crippen LogP contribution in [0.4, 0.5) is 17.1 Å². The summed E-state index contributed by atoms with van der Waals surface area (Å²) in [6.45, 7) is 0.